The topological polar surface area (TPSA) is 48.1 Å². The SMILES string of the molecule is NC(CC1CCCO1)c1ccncc1. The van der Waals surface area contributed by atoms with Crippen molar-refractivity contribution in [2.45, 2.75) is 31.4 Å². The van der Waals surface area contributed by atoms with E-state index >= 15 is 0 Å². The maximum absolute atomic E-state index is 6.07. The molecule has 0 amide bonds. The molecule has 0 bridgehead atoms. The Labute approximate surface area is 84.3 Å². The Morgan fingerprint density at radius 3 is 2.93 bits per heavy atom. The molecule has 0 spiro atoms. The summed E-state index contributed by atoms with van der Waals surface area (Å²) in [6, 6.07) is 4.03. The van der Waals surface area contributed by atoms with Crippen LogP contribution in [0, 0.1) is 0 Å². The average Bonchev–Trinajstić information content (AvgIpc) is 2.72. The van der Waals surface area contributed by atoms with Gasteiger partial charge in [-0.3, -0.25) is 4.98 Å². The van der Waals surface area contributed by atoms with Crippen LogP contribution in [0.5, 0.6) is 0 Å². The summed E-state index contributed by atoms with van der Waals surface area (Å²) in [6.07, 6.45) is 7.17. The summed E-state index contributed by atoms with van der Waals surface area (Å²) in [5.74, 6) is 0. The Morgan fingerprint density at radius 1 is 1.50 bits per heavy atom. The first-order valence-electron chi connectivity index (χ1n) is 5.13. The highest BCUT2D eigenvalue weighted by Crippen LogP contribution is 2.22. The number of nitrogens with two attached hydrogens (primary N) is 1. The zero-order chi connectivity index (χ0) is 9.80. The molecule has 0 radical (unpaired) electrons. The zero-order valence-electron chi connectivity index (χ0n) is 8.23. The van der Waals surface area contributed by atoms with E-state index in [1.54, 1.807) is 12.4 Å². The Kier molecular flexibility index (Phi) is 3.11. The molecule has 1 aliphatic rings. The summed E-state index contributed by atoms with van der Waals surface area (Å²) in [7, 11) is 0. The van der Waals surface area contributed by atoms with Gasteiger partial charge in [-0.05, 0) is 37.0 Å². The number of nitrogens with zero attached hydrogens (tertiary/aromatic N) is 1. The molecule has 2 heterocycles. The number of pyridine rings is 1. The van der Waals surface area contributed by atoms with Crippen LogP contribution in [-0.2, 0) is 4.74 Å². The maximum Gasteiger partial charge on any atom is 0.0594 e. The standard InChI is InChI=1S/C11H16N2O/c12-11(8-10-2-1-7-14-10)9-3-5-13-6-4-9/h3-6,10-11H,1-2,7-8,12H2. The molecule has 2 unspecified atom stereocenters. The fourth-order valence-electron chi connectivity index (χ4n) is 1.86. The van der Waals surface area contributed by atoms with Crippen LogP contribution in [0.2, 0.25) is 0 Å². The fourth-order valence-corrected chi connectivity index (χ4v) is 1.86. The Balaban J connectivity index is 1.92. The van der Waals surface area contributed by atoms with Crippen LogP contribution in [0.3, 0.4) is 0 Å². The van der Waals surface area contributed by atoms with Crippen LogP contribution in [0.1, 0.15) is 30.9 Å². The van der Waals surface area contributed by atoms with Crippen molar-refractivity contribution < 1.29 is 4.74 Å². The number of rotatable bonds is 3. The molecule has 2 atom stereocenters. The molecule has 2 rings (SSSR count). The Bertz CT molecular complexity index is 270. The molecule has 14 heavy (non-hydrogen) atoms. The van der Waals surface area contributed by atoms with E-state index in [-0.39, 0.29) is 6.04 Å². The molecular formula is C11H16N2O. The lowest BCUT2D eigenvalue weighted by molar-refractivity contribution is 0.0983. The van der Waals surface area contributed by atoms with Gasteiger partial charge in [-0.15, -0.1) is 0 Å². The quantitative estimate of drug-likeness (QED) is 0.792. The highest BCUT2D eigenvalue weighted by atomic mass is 16.5. The molecule has 1 aliphatic heterocycles. The van der Waals surface area contributed by atoms with Gasteiger partial charge in [0.15, 0.2) is 0 Å². The van der Waals surface area contributed by atoms with Crippen LogP contribution in [0.15, 0.2) is 24.5 Å². The number of ether oxygens (including phenoxy) is 1. The second-order valence-corrected chi connectivity index (χ2v) is 3.76. The zero-order valence-corrected chi connectivity index (χ0v) is 8.23. The summed E-state index contributed by atoms with van der Waals surface area (Å²) in [5.41, 5.74) is 7.22. The first-order valence-corrected chi connectivity index (χ1v) is 5.13. The third-order valence-electron chi connectivity index (χ3n) is 2.68. The predicted octanol–water partition coefficient (Wildman–Crippen LogP) is 1.65. The van der Waals surface area contributed by atoms with E-state index in [2.05, 4.69) is 4.98 Å². The molecule has 1 saturated heterocycles. The van der Waals surface area contributed by atoms with Gasteiger partial charge in [0.2, 0.25) is 0 Å². The second kappa shape index (κ2) is 4.53. The highest BCUT2D eigenvalue weighted by Gasteiger charge is 2.19. The van der Waals surface area contributed by atoms with Crippen molar-refractivity contribution in [2.75, 3.05) is 6.61 Å². The third kappa shape index (κ3) is 2.30. The normalized spacial score (nSPS) is 23.6. The first-order chi connectivity index (χ1) is 6.86. The monoisotopic (exact) mass is 192 g/mol. The summed E-state index contributed by atoms with van der Waals surface area (Å²) in [5, 5.41) is 0. The van der Waals surface area contributed by atoms with Crippen LogP contribution in [0.4, 0.5) is 0 Å². The van der Waals surface area contributed by atoms with Crippen molar-refractivity contribution in [3.8, 4) is 0 Å². The summed E-state index contributed by atoms with van der Waals surface area (Å²) >= 11 is 0. The van der Waals surface area contributed by atoms with Gasteiger partial charge in [-0.2, -0.15) is 0 Å². The summed E-state index contributed by atoms with van der Waals surface area (Å²) in [6.45, 7) is 0.897. The number of aromatic nitrogens is 1. The number of hydrogen-bond donors (Lipinski definition) is 1. The van der Waals surface area contributed by atoms with Crippen molar-refractivity contribution in [3.63, 3.8) is 0 Å². The van der Waals surface area contributed by atoms with Crippen molar-refractivity contribution >= 4 is 0 Å². The van der Waals surface area contributed by atoms with E-state index in [0.717, 1.165) is 25.0 Å². The molecule has 3 nitrogen and oxygen atoms in total. The largest absolute Gasteiger partial charge is 0.378 e. The smallest absolute Gasteiger partial charge is 0.0594 e. The van der Waals surface area contributed by atoms with Crippen LogP contribution >= 0.6 is 0 Å². The molecule has 0 aliphatic carbocycles. The molecule has 1 aromatic heterocycles. The van der Waals surface area contributed by atoms with Crippen LogP contribution < -0.4 is 5.73 Å². The fraction of sp³-hybridized carbons (Fsp3) is 0.545. The van der Waals surface area contributed by atoms with E-state index < -0.39 is 0 Å². The van der Waals surface area contributed by atoms with E-state index in [0.29, 0.717) is 6.10 Å². The molecule has 76 valence electrons. The lowest BCUT2D eigenvalue weighted by Crippen LogP contribution is -2.18. The lowest BCUT2D eigenvalue weighted by atomic mass is 10.0. The summed E-state index contributed by atoms with van der Waals surface area (Å²) in [4.78, 5) is 3.97. The lowest BCUT2D eigenvalue weighted by Gasteiger charge is -2.15. The van der Waals surface area contributed by atoms with E-state index in [9.17, 15) is 0 Å². The first kappa shape index (κ1) is 9.62. The van der Waals surface area contributed by atoms with E-state index in [1.165, 1.54) is 6.42 Å². The molecule has 2 N–H and O–H groups in total. The van der Waals surface area contributed by atoms with E-state index in [4.69, 9.17) is 10.5 Å². The second-order valence-electron chi connectivity index (χ2n) is 3.76. The van der Waals surface area contributed by atoms with Gasteiger partial charge in [0.1, 0.15) is 0 Å². The van der Waals surface area contributed by atoms with Gasteiger partial charge < -0.3 is 10.5 Å². The Morgan fingerprint density at radius 2 is 2.29 bits per heavy atom. The highest BCUT2D eigenvalue weighted by molar-refractivity contribution is 5.14. The summed E-state index contributed by atoms with van der Waals surface area (Å²) < 4.78 is 5.55. The molecule has 0 aromatic carbocycles. The van der Waals surface area contributed by atoms with Crippen molar-refractivity contribution in [1.29, 1.82) is 0 Å². The van der Waals surface area contributed by atoms with Crippen molar-refractivity contribution in [1.82, 2.24) is 4.98 Å². The van der Waals surface area contributed by atoms with Crippen molar-refractivity contribution in [2.24, 2.45) is 5.73 Å². The minimum Gasteiger partial charge on any atom is -0.378 e. The average molecular weight is 192 g/mol. The van der Waals surface area contributed by atoms with Gasteiger partial charge in [-0.1, -0.05) is 0 Å². The van der Waals surface area contributed by atoms with Crippen molar-refractivity contribution in [3.05, 3.63) is 30.1 Å². The predicted molar refractivity (Wildman–Crippen MR) is 54.8 cm³/mol. The van der Waals surface area contributed by atoms with Crippen LogP contribution in [0.25, 0.3) is 0 Å². The van der Waals surface area contributed by atoms with Gasteiger partial charge in [0, 0.05) is 25.0 Å². The molecule has 1 aromatic rings. The van der Waals surface area contributed by atoms with Gasteiger partial charge in [0.05, 0.1) is 6.10 Å². The third-order valence-corrected chi connectivity index (χ3v) is 2.68. The number of hydrogen-bond acceptors (Lipinski definition) is 3. The van der Waals surface area contributed by atoms with Gasteiger partial charge in [0.25, 0.3) is 0 Å². The molecule has 1 fully saturated rings. The molecular weight excluding hydrogens is 176 g/mol. The minimum absolute atomic E-state index is 0.0844. The van der Waals surface area contributed by atoms with Gasteiger partial charge >= 0.3 is 0 Å². The minimum atomic E-state index is 0.0844. The maximum atomic E-state index is 6.07. The van der Waals surface area contributed by atoms with Crippen LogP contribution in [-0.4, -0.2) is 17.7 Å². The molecule has 3 heteroatoms. The van der Waals surface area contributed by atoms with E-state index in [1.807, 2.05) is 12.1 Å². The molecule has 0 saturated carbocycles. The van der Waals surface area contributed by atoms with Gasteiger partial charge in [-0.25, -0.2) is 0 Å². The Hall–Kier alpha value is -0.930.